The maximum absolute atomic E-state index is 12.8. The second-order valence-corrected chi connectivity index (χ2v) is 7.38. The van der Waals surface area contributed by atoms with Gasteiger partial charge in [-0.15, -0.1) is 0 Å². The molecule has 27 heavy (non-hydrogen) atoms. The number of anilines is 2. The van der Waals surface area contributed by atoms with Gasteiger partial charge in [0.15, 0.2) is 0 Å². The molecule has 0 saturated carbocycles. The SMILES string of the molecule is Cc1oc2ncnc(N3CCC[C@H](C(=O)Nc4cccc(Cl)c4)C3)c2c1C. The Balaban J connectivity index is 1.56. The first-order valence-electron chi connectivity index (χ1n) is 9.05. The van der Waals surface area contributed by atoms with E-state index in [9.17, 15) is 4.79 Å². The van der Waals surface area contributed by atoms with E-state index in [0.29, 0.717) is 17.3 Å². The first kappa shape index (κ1) is 17.8. The van der Waals surface area contributed by atoms with E-state index in [0.717, 1.165) is 47.6 Å². The Labute approximate surface area is 162 Å². The molecule has 3 heterocycles. The summed E-state index contributed by atoms with van der Waals surface area (Å²) in [6.07, 6.45) is 3.30. The summed E-state index contributed by atoms with van der Waals surface area (Å²) in [5, 5.41) is 4.52. The van der Waals surface area contributed by atoms with E-state index in [-0.39, 0.29) is 11.8 Å². The van der Waals surface area contributed by atoms with Crippen LogP contribution in [-0.4, -0.2) is 29.0 Å². The Morgan fingerprint density at radius 3 is 3.00 bits per heavy atom. The van der Waals surface area contributed by atoms with Crippen LogP contribution in [0.4, 0.5) is 11.5 Å². The van der Waals surface area contributed by atoms with Crippen LogP contribution in [0.15, 0.2) is 35.0 Å². The number of furan rings is 1. The molecular weight excluding hydrogens is 364 g/mol. The lowest BCUT2D eigenvalue weighted by molar-refractivity contribution is -0.120. The molecule has 2 aromatic heterocycles. The van der Waals surface area contributed by atoms with Gasteiger partial charge in [0.25, 0.3) is 0 Å². The predicted octanol–water partition coefficient (Wildman–Crippen LogP) is 4.35. The molecule has 1 aliphatic rings. The largest absolute Gasteiger partial charge is 0.443 e. The molecule has 1 aliphatic heterocycles. The topological polar surface area (TPSA) is 71.3 Å². The van der Waals surface area contributed by atoms with Gasteiger partial charge >= 0.3 is 0 Å². The van der Waals surface area contributed by atoms with Crippen LogP contribution in [-0.2, 0) is 4.79 Å². The Bertz CT molecular complexity index is 1000. The summed E-state index contributed by atoms with van der Waals surface area (Å²) in [5.41, 5.74) is 2.36. The van der Waals surface area contributed by atoms with Gasteiger partial charge in [0.1, 0.15) is 17.9 Å². The lowest BCUT2D eigenvalue weighted by Crippen LogP contribution is -2.41. The minimum atomic E-state index is -0.115. The molecule has 0 bridgehead atoms. The van der Waals surface area contributed by atoms with Crippen molar-refractivity contribution in [2.24, 2.45) is 5.92 Å². The van der Waals surface area contributed by atoms with Crippen LogP contribution in [0.25, 0.3) is 11.1 Å². The van der Waals surface area contributed by atoms with Crippen molar-refractivity contribution in [3.8, 4) is 0 Å². The van der Waals surface area contributed by atoms with Crippen LogP contribution < -0.4 is 10.2 Å². The highest BCUT2D eigenvalue weighted by atomic mass is 35.5. The van der Waals surface area contributed by atoms with Gasteiger partial charge < -0.3 is 14.6 Å². The summed E-state index contributed by atoms with van der Waals surface area (Å²) in [6, 6.07) is 7.21. The highest BCUT2D eigenvalue weighted by Crippen LogP contribution is 2.32. The van der Waals surface area contributed by atoms with E-state index >= 15 is 0 Å². The van der Waals surface area contributed by atoms with Crippen molar-refractivity contribution < 1.29 is 9.21 Å². The fraction of sp³-hybridized carbons (Fsp3) is 0.350. The molecule has 0 aliphatic carbocycles. The van der Waals surface area contributed by atoms with E-state index in [1.807, 2.05) is 26.0 Å². The summed E-state index contributed by atoms with van der Waals surface area (Å²) >= 11 is 6.01. The highest BCUT2D eigenvalue weighted by molar-refractivity contribution is 6.30. The number of aromatic nitrogens is 2. The third-order valence-electron chi connectivity index (χ3n) is 5.13. The molecule has 6 nitrogen and oxygen atoms in total. The van der Waals surface area contributed by atoms with Gasteiger partial charge in [-0.25, -0.2) is 9.97 Å². The molecule has 0 unspecified atom stereocenters. The maximum atomic E-state index is 12.8. The van der Waals surface area contributed by atoms with E-state index in [4.69, 9.17) is 16.0 Å². The molecule has 1 saturated heterocycles. The molecule has 1 N–H and O–H groups in total. The van der Waals surface area contributed by atoms with Crippen LogP contribution in [0.1, 0.15) is 24.2 Å². The fourth-order valence-corrected chi connectivity index (χ4v) is 3.79. The Morgan fingerprint density at radius 1 is 1.33 bits per heavy atom. The van der Waals surface area contributed by atoms with Crippen molar-refractivity contribution in [3.63, 3.8) is 0 Å². The zero-order chi connectivity index (χ0) is 19.0. The minimum absolute atomic E-state index is 0.00682. The standard InChI is InChI=1S/C20H21ClN4O2/c1-12-13(2)27-20-17(12)18(22-11-23-20)25-8-4-5-14(10-25)19(26)24-16-7-3-6-15(21)9-16/h3,6-7,9,11,14H,4-5,8,10H2,1-2H3,(H,24,26)/t14-/m0/s1. The fourth-order valence-electron chi connectivity index (χ4n) is 3.60. The van der Waals surface area contributed by atoms with Gasteiger partial charge in [-0.3, -0.25) is 4.79 Å². The quantitative estimate of drug-likeness (QED) is 0.726. The van der Waals surface area contributed by atoms with Crippen LogP contribution in [0, 0.1) is 19.8 Å². The zero-order valence-corrected chi connectivity index (χ0v) is 16.1. The van der Waals surface area contributed by atoms with E-state index in [2.05, 4.69) is 20.2 Å². The predicted molar refractivity (Wildman–Crippen MR) is 106 cm³/mol. The van der Waals surface area contributed by atoms with Gasteiger partial charge in [0, 0.05) is 29.4 Å². The summed E-state index contributed by atoms with van der Waals surface area (Å²) in [5.74, 6) is 1.58. The van der Waals surface area contributed by atoms with E-state index in [1.54, 1.807) is 12.1 Å². The van der Waals surface area contributed by atoms with Crippen LogP contribution in [0.5, 0.6) is 0 Å². The third kappa shape index (κ3) is 3.49. The zero-order valence-electron chi connectivity index (χ0n) is 15.3. The van der Waals surface area contributed by atoms with Gasteiger partial charge in [0.05, 0.1) is 11.3 Å². The molecule has 1 aromatic carbocycles. The number of hydrogen-bond acceptors (Lipinski definition) is 5. The molecule has 1 fully saturated rings. The molecule has 4 rings (SSSR count). The first-order valence-corrected chi connectivity index (χ1v) is 9.43. The number of fused-ring (bicyclic) bond motifs is 1. The number of carbonyl (C=O) groups is 1. The minimum Gasteiger partial charge on any atom is -0.443 e. The van der Waals surface area contributed by atoms with Crippen molar-refractivity contribution in [1.82, 2.24) is 9.97 Å². The summed E-state index contributed by atoms with van der Waals surface area (Å²) in [4.78, 5) is 23.7. The average Bonchev–Trinajstić information content (AvgIpc) is 2.96. The normalized spacial score (nSPS) is 17.3. The lowest BCUT2D eigenvalue weighted by atomic mass is 9.96. The van der Waals surface area contributed by atoms with Gasteiger partial charge in [-0.05, 0) is 44.9 Å². The number of piperidine rings is 1. The summed E-state index contributed by atoms with van der Waals surface area (Å²) in [7, 11) is 0. The number of halogens is 1. The van der Waals surface area contributed by atoms with Crippen LogP contribution in [0.2, 0.25) is 5.02 Å². The Morgan fingerprint density at radius 2 is 2.19 bits per heavy atom. The third-order valence-corrected chi connectivity index (χ3v) is 5.36. The molecule has 1 amide bonds. The smallest absolute Gasteiger partial charge is 0.231 e. The number of hydrogen-bond donors (Lipinski definition) is 1. The highest BCUT2D eigenvalue weighted by Gasteiger charge is 2.28. The van der Waals surface area contributed by atoms with E-state index in [1.165, 1.54) is 6.33 Å². The first-order chi connectivity index (χ1) is 13.0. The molecule has 0 spiro atoms. The van der Waals surface area contributed by atoms with Crippen molar-refractivity contribution >= 4 is 40.1 Å². The average molecular weight is 385 g/mol. The summed E-state index contributed by atoms with van der Waals surface area (Å²) in [6.45, 7) is 5.42. The molecule has 1 atom stereocenters. The van der Waals surface area contributed by atoms with Gasteiger partial charge in [-0.1, -0.05) is 17.7 Å². The van der Waals surface area contributed by atoms with Crippen LogP contribution in [0.3, 0.4) is 0 Å². The number of benzene rings is 1. The number of carbonyl (C=O) groups excluding carboxylic acids is 1. The number of nitrogens with zero attached hydrogens (tertiary/aromatic N) is 3. The molecule has 3 aromatic rings. The molecular formula is C20H21ClN4O2. The Hall–Kier alpha value is -2.60. The van der Waals surface area contributed by atoms with Crippen LogP contribution >= 0.6 is 11.6 Å². The molecule has 0 radical (unpaired) electrons. The van der Waals surface area contributed by atoms with Crippen molar-refractivity contribution in [3.05, 3.63) is 46.9 Å². The Kier molecular flexibility index (Phi) is 4.74. The van der Waals surface area contributed by atoms with E-state index < -0.39 is 0 Å². The second-order valence-electron chi connectivity index (χ2n) is 6.95. The molecule has 140 valence electrons. The lowest BCUT2D eigenvalue weighted by Gasteiger charge is -2.33. The number of amides is 1. The number of nitrogens with one attached hydrogen (secondary N) is 1. The number of rotatable bonds is 3. The number of aryl methyl sites for hydroxylation is 2. The second kappa shape index (κ2) is 7.19. The van der Waals surface area contributed by atoms with Crippen molar-refractivity contribution in [2.45, 2.75) is 26.7 Å². The van der Waals surface area contributed by atoms with Crippen molar-refractivity contribution in [2.75, 3.05) is 23.3 Å². The maximum Gasteiger partial charge on any atom is 0.231 e. The monoisotopic (exact) mass is 384 g/mol. The summed E-state index contributed by atoms with van der Waals surface area (Å²) < 4.78 is 5.73. The van der Waals surface area contributed by atoms with Crippen molar-refractivity contribution in [1.29, 1.82) is 0 Å². The van der Waals surface area contributed by atoms with Gasteiger partial charge in [0.2, 0.25) is 11.6 Å². The van der Waals surface area contributed by atoms with Gasteiger partial charge in [-0.2, -0.15) is 0 Å². The molecule has 7 heteroatoms.